The van der Waals surface area contributed by atoms with Crippen LogP contribution in [0.3, 0.4) is 0 Å². The van der Waals surface area contributed by atoms with Crippen LogP contribution in [0.1, 0.15) is 11.1 Å². The lowest BCUT2D eigenvalue weighted by Gasteiger charge is -2.08. The first-order valence-corrected chi connectivity index (χ1v) is 6.54. The molecule has 19 heavy (non-hydrogen) atoms. The smallest absolute Gasteiger partial charge is 0.126 e. The Labute approximate surface area is 116 Å². The topological polar surface area (TPSA) is 12.0 Å². The van der Waals surface area contributed by atoms with E-state index in [0.29, 0.717) is 18.0 Å². The van der Waals surface area contributed by atoms with Gasteiger partial charge in [-0.1, -0.05) is 12.1 Å². The zero-order chi connectivity index (χ0) is 13.7. The van der Waals surface area contributed by atoms with Gasteiger partial charge in [-0.2, -0.15) is 0 Å². The van der Waals surface area contributed by atoms with Crippen LogP contribution in [0.2, 0.25) is 0 Å². The van der Waals surface area contributed by atoms with E-state index in [2.05, 4.69) is 5.32 Å². The van der Waals surface area contributed by atoms with Crippen molar-refractivity contribution >= 4 is 17.3 Å². The number of rotatable bonds is 5. The average molecular weight is 282 g/mol. The third-order valence-electron chi connectivity index (χ3n) is 2.76. The van der Waals surface area contributed by atoms with E-state index in [1.807, 2.05) is 24.3 Å². The maximum absolute atomic E-state index is 13.0. The zero-order valence-electron chi connectivity index (χ0n) is 10.3. The summed E-state index contributed by atoms with van der Waals surface area (Å²) in [7, 11) is 0. The summed E-state index contributed by atoms with van der Waals surface area (Å²) >= 11 is 5.66. The largest absolute Gasteiger partial charge is 0.381 e. The van der Waals surface area contributed by atoms with Gasteiger partial charge in [0.1, 0.15) is 11.6 Å². The number of benzene rings is 2. The van der Waals surface area contributed by atoms with E-state index in [-0.39, 0.29) is 0 Å². The van der Waals surface area contributed by atoms with E-state index < -0.39 is 11.6 Å². The molecule has 100 valence electrons. The van der Waals surface area contributed by atoms with E-state index in [0.717, 1.165) is 23.7 Å². The summed E-state index contributed by atoms with van der Waals surface area (Å²) in [6.07, 6.45) is 0.830. The number of nitrogens with one attached hydrogen (secondary N) is 1. The monoisotopic (exact) mass is 281 g/mol. The van der Waals surface area contributed by atoms with Gasteiger partial charge in [-0.15, -0.1) is 11.6 Å². The molecule has 0 fully saturated rings. The first-order chi connectivity index (χ1) is 9.17. The second-order valence-corrected chi connectivity index (χ2v) is 4.65. The summed E-state index contributed by atoms with van der Waals surface area (Å²) in [4.78, 5) is 0. The Kier molecular flexibility index (Phi) is 4.74. The molecule has 0 aliphatic carbocycles. The van der Waals surface area contributed by atoms with Crippen molar-refractivity contribution in [1.29, 1.82) is 0 Å². The van der Waals surface area contributed by atoms with Crippen molar-refractivity contribution < 1.29 is 8.78 Å². The molecular formula is C15H14ClF2N. The lowest BCUT2D eigenvalue weighted by atomic mass is 10.1. The molecule has 0 amide bonds. The van der Waals surface area contributed by atoms with Crippen molar-refractivity contribution in [3.05, 3.63) is 65.2 Å². The predicted molar refractivity (Wildman–Crippen MR) is 74.6 cm³/mol. The molecule has 0 heterocycles. The second-order valence-electron chi connectivity index (χ2n) is 4.27. The van der Waals surface area contributed by atoms with Gasteiger partial charge < -0.3 is 5.32 Å². The van der Waals surface area contributed by atoms with Crippen LogP contribution < -0.4 is 5.32 Å². The summed E-state index contributed by atoms with van der Waals surface area (Å²) < 4.78 is 26.0. The van der Waals surface area contributed by atoms with E-state index >= 15 is 0 Å². The number of aryl methyl sites for hydroxylation is 1. The SMILES string of the molecule is Fc1cc(F)cc(CNc2ccc(CCCl)cc2)c1. The maximum atomic E-state index is 13.0. The number of anilines is 1. The van der Waals surface area contributed by atoms with Crippen LogP contribution in [0.5, 0.6) is 0 Å². The third kappa shape index (κ3) is 4.21. The lowest BCUT2D eigenvalue weighted by Crippen LogP contribution is -2.00. The number of hydrogen-bond acceptors (Lipinski definition) is 1. The van der Waals surface area contributed by atoms with Crippen LogP contribution in [0.25, 0.3) is 0 Å². The van der Waals surface area contributed by atoms with Gasteiger partial charge in [0.15, 0.2) is 0 Å². The number of hydrogen-bond donors (Lipinski definition) is 1. The molecule has 2 aromatic carbocycles. The number of alkyl halides is 1. The van der Waals surface area contributed by atoms with Crippen molar-refractivity contribution in [2.75, 3.05) is 11.2 Å². The summed E-state index contributed by atoms with van der Waals surface area (Å²) in [6, 6.07) is 11.3. The van der Waals surface area contributed by atoms with Gasteiger partial charge in [0.05, 0.1) is 0 Å². The van der Waals surface area contributed by atoms with Crippen molar-refractivity contribution in [3.63, 3.8) is 0 Å². The minimum atomic E-state index is -0.561. The molecule has 0 saturated heterocycles. The van der Waals surface area contributed by atoms with Crippen LogP contribution in [-0.2, 0) is 13.0 Å². The Morgan fingerprint density at radius 1 is 0.895 bits per heavy atom. The highest BCUT2D eigenvalue weighted by Gasteiger charge is 2.01. The predicted octanol–water partition coefficient (Wildman–Crippen LogP) is 4.36. The van der Waals surface area contributed by atoms with E-state index in [4.69, 9.17) is 11.6 Å². The standard InChI is InChI=1S/C15H14ClF2N/c16-6-5-11-1-3-15(4-2-11)19-10-12-7-13(17)9-14(18)8-12/h1-4,7-9,19H,5-6,10H2. The Balaban J connectivity index is 1.98. The fourth-order valence-corrected chi connectivity index (χ4v) is 2.03. The molecule has 0 aromatic heterocycles. The molecule has 0 radical (unpaired) electrons. The summed E-state index contributed by atoms with van der Waals surface area (Å²) in [5.41, 5.74) is 2.64. The molecule has 0 spiro atoms. The van der Waals surface area contributed by atoms with Crippen LogP contribution in [0.4, 0.5) is 14.5 Å². The van der Waals surface area contributed by atoms with Gasteiger partial charge in [-0.25, -0.2) is 8.78 Å². The molecule has 0 aliphatic heterocycles. The van der Waals surface area contributed by atoms with Crippen LogP contribution in [0.15, 0.2) is 42.5 Å². The average Bonchev–Trinajstić information content (AvgIpc) is 2.37. The summed E-state index contributed by atoms with van der Waals surface area (Å²) in [6.45, 7) is 0.379. The molecule has 0 bridgehead atoms. The Morgan fingerprint density at radius 2 is 1.53 bits per heavy atom. The first kappa shape index (κ1) is 13.8. The van der Waals surface area contributed by atoms with Crippen LogP contribution in [0, 0.1) is 11.6 Å². The van der Waals surface area contributed by atoms with Gasteiger partial charge in [-0.05, 0) is 41.8 Å². The Hall–Kier alpha value is -1.61. The van der Waals surface area contributed by atoms with Gasteiger partial charge >= 0.3 is 0 Å². The molecule has 2 aromatic rings. The molecule has 0 atom stereocenters. The second kappa shape index (κ2) is 6.53. The van der Waals surface area contributed by atoms with E-state index in [1.54, 1.807) is 0 Å². The highest BCUT2D eigenvalue weighted by atomic mass is 35.5. The third-order valence-corrected chi connectivity index (χ3v) is 2.95. The number of halogens is 3. The molecule has 1 nitrogen and oxygen atoms in total. The normalized spacial score (nSPS) is 10.5. The molecule has 0 saturated carbocycles. The maximum Gasteiger partial charge on any atom is 0.126 e. The molecule has 0 aliphatic rings. The fraction of sp³-hybridized carbons (Fsp3) is 0.200. The van der Waals surface area contributed by atoms with Gasteiger partial charge in [0.2, 0.25) is 0 Å². The first-order valence-electron chi connectivity index (χ1n) is 6.01. The van der Waals surface area contributed by atoms with E-state index in [9.17, 15) is 8.78 Å². The molecule has 0 unspecified atom stereocenters. The van der Waals surface area contributed by atoms with Crippen molar-refractivity contribution in [3.8, 4) is 0 Å². The van der Waals surface area contributed by atoms with Crippen LogP contribution >= 0.6 is 11.6 Å². The molecule has 4 heteroatoms. The van der Waals surface area contributed by atoms with Gasteiger partial charge in [-0.3, -0.25) is 0 Å². The minimum absolute atomic E-state index is 0.379. The molecular weight excluding hydrogens is 268 g/mol. The minimum Gasteiger partial charge on any atom is -0.381 e. The summed E-state index contributed by atoms with van der Waals surface area (Å²) in [5, 5.41) is 3.12. The van der Waals surface area contributed by atoms with E-state index in [1.165, 1.54) is 12.1 Å². The highest BCUT2D eigenvalue weighted by molar-refractivity contribution is 6.17. The summed E-state index contributed by atoms with van der Waals surface area (Å²) in [5.74, 6) is -0.529. The van der Waals surface area contributed by atoms with Crippen molar-refractivity contribution in [2.24, 2.45) is 0 Å². The van der Waals surface area contributed by atoms with Crippen LogP contribution in [-0.4, -0.2) is 5.88 Å². The Morgan fingerprint density at radius 3 is 2.11 bits per heavy atom. The highest BCUT2D eigenvalue weighted by Crippen LogP contribution is 2.13. The van der Waals surface area contributed by atoms with Crippen molar-refractivity contribution in [2.45, 2.75) is 13.0 Å². The fourth-order valence-electron chi connectivity index (χ4n) is 1.82. The lowest BCUT2D eigenvalue weighted by molar-refractivity contribution is 0.580. The Bertz CT molecular complexity index is 520. The van der Waals surface area contributed by atoms with Gasteiger partial charge in [0, 0.05) is 24.2 Å². The molecule has 2 rings (SSSR count). The quantitative estimate of drug-likeness (QED) is 0.803. The zero-order valence-corrected chi connectivity index (χ0v) is 11.1. The van der Waals surface area contributed by atoms with Gasteiger partial charge in [0.25, 0.3) is 0 Å². The van der Waals surface area contributed by atoms with Crippen molar-refractivity contribution in [1.82, 2.24) is 0 Å². The molecule has 1 N–H and O–H groups in total.